The van der Waals surface area contributed by atoms with E-state index in [1.165, 1.54) is 19.1 Å². The zero-order valence-corrected chi connectivity index (χ0v) is 7.81. The van der Waals surface area contributed by atoms with Crippen LogP contribution in [0.15, 0.2) is 29.8 Å². The molecule has 1 aromatic rings. The van der Waals surface area contributed by atoms with Gasteiger partial charge in [0.1, 0.15) is 5.75 Å². The maximum Gasteiger partial charge on any atom is 0.115 e. The van der Waals surface area contributed by atoms with Gasteiger partial charge in [-0.05, 0) is 30.7 Å². The van der Waals surface area contributed by atoms with Crippen molar-refractivity contribution in [1.29, 1.82) is 5.26 Å². The molecule has 14 heavy (non-hydrogen) atoms. The van der Waals surface area contributed by atoms with Gasteiger partial charge < -0.3 is 10.2 Å². The quantitative estimate of drug-likeness (QED) is 0.695. The van der Waals surface area contributed by atoms with Crippen LogP contribution in [0.3, 0.4) is 0 Å². The third kappa shape index (κ3) is 2.61. The fraction of sp³-hybridized carbons (Fsp3) is 0.182. The summed E-state index contributed by atoms with van der Waals surface area (Å²) in [5.41, 5.74) is 1.08. The van der Waals surface area contributed by atoms with E-state index in [0.29, 0.717) is 5.57 Å². The predicted octanol–water partition coefficient (Wildman–Crippen LogP) is 1.68. The van der Waals surface area contributed by atoms with Crippen molar-refractivity contribution in [3.8, 4) is 11.8 Å². The molecular formula is C11H11NO2. The number of phenols is 1. The summed E-state index contributed by atoms with van der Waals surface area (Å²) in [6.45, 7) is 1.54. The second-order valence-electron chi connectivity index (χ2n) is 2.98. The molecule has 3 heteroatoms. The van der Waals surface area contributed by atoms with Gasteiger partial charge in [-0.15, -0.1) is 0 Å². The van der Waals surface area contributed by atoms with Gasteiger partial charge in [0.05, 0.1) is 17.7 Å². The van der Waals surface area contributed by atoms with Crippen molar-refractivity contribution in [2.24, 2.45) is 0 Å². The first-order valence-corrected chi connectivity index (χ1v) is 4.22. The molecule has 0 aliphatic carbocycles. The third-order valence-corrected chi connectivity index (χ3v) is 1.79. The summed E-state index contributed by atoms with van der Waals surface area (Å²) in [6.07, 6.45) is 0.818. The van der Waals surface area contributed by atoms with Crippen LogP contribution < -0.4 is 0 Å². The van der Waals surface area contributed by atoms with E-state index in [0.717, 1.165) is 5.56 Å². The van der Waals surface area contributed by atoms with Gasteiger partial charge in [-0.2, -0.15) is 5.26 Å². The molecule has 0 spiro atoms. The minimum absolute atomic E-state index is 0.178. The molecule has 2 N–H and O–H groups in total. The number of hydrogen-bond acceptors (Lipinski definition) is 3. The average Bonchev–Trinajstić information content (AvgIpc) is 2.16. The molecule has 0 aliphatic rings. The van der Waals surface area contributed by atoms with Crippen LogP contribution in [0.25, 0.3) is 6.08 Å². The van der Waals surface area contributed by atoms with Crippen LogP contribution in [-0.2, 0) is 0 Å². The first kappa shape index (κ1) is 10.3. The minimum Gasteiger partial charge on any atom is -0.508 e. The van der Waals surface area contributed by atoms with Crippen molar-refractivity contribution >= 4 is 6.08 Å². The molecule has 1 aromatic carbocycles. The van der Waals surface area contributed by atoms with Crippen molar-refractivity contribution in [3.05, 3.63) is 35.4 Å². The molecule has 0 bridgehead atoms. The van der Waals surface area contributed by atoms with Gasteiger partial charge in [0.15, 0.2) is 0 Å². The molecule has 3 nitrogen and oxygen atoms in total. The summed E-state index contributed by atoms with van der Waals surface area (Å²) in [6, 6.07) is 8.33. The molecule has 1 rings (SSSR count). The van der Waals surface area contributed by atoms with Crippen LogP contribution in [0.4, 0.5) is 0 Å². The molecule has 1 atom stereocenters. The van der Waals surface area contributed by atoms with Gasteiger partial charge >= 0.3 is 0 Å². The number of aromatic hydroxyl groups is 1. The lowest BCUT2D eigenvalue weighted by atomic mass is 10.1. The Bertz CT molecular complexity index is 371. The van der Waals surface area contributed by atoms with E-state index < -0.39 is 6.10 Å². The lowest BCUT2D eigenvalue weighted by Crippen LogP contribution is -2.01. The standard InChI is InChI=1S/C11H11NO2/c1-8(13)10(7-12)6-9-2-4-11(14)5-3-9/h2-6,8,13-14H,1H3. The normalized spacial score (nSPS) is 13.4. The number of nitriles is 1. The Labute approximate surface area is 82.5 Å². The van der Waals surface area contributed by atoms with Crippen molar-refractivity contribution in [2.75, 3.05) is 0 Å². The summed E-state index contributed by atoms with van der Waals surface area (Å²) in [5.74, 6) is 0.178. The highest BCUT2D eigenvalue weighted by Gasteiger charge is 2.02. The molecule has 1 unspecified atom stereocenters. The summed E-state index contributed by atoms with van der Waals surface area (Å²) in [7, 11) is 0. The van der Waals surface area contributed by atoms with Crippen LogP contribution in [0, 0.1) is 11.3 Å². The Hall–Kier alpha value is -1.79. The highest BCUT2D eigenvalue weighted by molar-refractivity contribution is 5.58. The van der Waals surface area contributed by atoms with Gasteiger partial charge in [-0.25, -0.2) is 0 Å². The summed E-state index contributed by atoms with van der Waals surface area (Å²) in [4.78, 5) is 0. The highest BCUT2D eigenvalue weighted by Crippen LogP contribution is 2.13. The molecule has 72 valence electrons. The van der Waals surface area contributed by atoms with Crippen LogP contribution in [0.2, 0.25) is 0 Å². The molecule has 0 aromatic heterocycles. The van der Waals surface area contributed by atoms with Gasteiger partial charge in [-0.1, -0.05) is 12.1 Å². The number of aliphatic hydroxyl groups is 1. The number of benzene rings is 1. The Kier molecular flexibility index (Phi) is 3.27. The smallest absolute Gasteiger partial charge is 0.115 e. The van der Waals surface area contributed by atoms with E-state index in [2.05, 4.69) is 0 Å². The van der Waals surface area contributed by atoms with E-state index >= 15 is 0 Å². The first-order chi connectivity index (χ1) is 6.63. The van der Waals surface area contributed by atoms with E-state index in [-0.39, 0.29) is 5.75 Å². The highest BCUT2D eigenvalue weighted by atomic mass is 16.3. The minimum atomic E-state index is -0.770. The molecule has 0 radical (unpaired) electrons. The van der Waals surface area contributed by atoms with Crippen LogP contribution in [0.1, 0.15) is 12.5 Å². The lowest BCUT2D eigenvalue weighted by molar-refractivity contribution is 0.237. The summed E-state index contributed by atoms with van der Waals surface area (Å²) in [5, 5.41) is 26.9. The number of phenolic OH excluding ortho intramolecular Hbond substituents is 1. The number of rotatable bonds is 2. The van der Waals surface area contributed by atoms with E-state index in [4.69, 9.17) is 10.4 Å². The molecular weight excluding hydrogens is 178 g/mol. The van der Waals surface area contributed by atoms with Gasteiger partial charge in [0, 0.05) is 0 Å². The molecule has 0 aliphatic heterocycles. The maximum atomic E-state index is 9.19. The van der Waals surface area contributed by atoms with Crippen LogP contribution in [0.5, 0.6) is 5.75 Å². The molecule has 0 saturated carbocycles. The maximum absolute atomic E-state index is 9.19. The van der Waals surface area contributed by atoms with Gasteiger partial charge in [0.2, 0.25) is 0 Å². The monoisotopic (exact) mass is 189 g/mol. The van der Waals surface area contributed by atoms with Crippen molar-refractivity contribution in [1.82, 2.24) is 0 Å². The Balaban J connectivity index is 2.97. The van der Waals surface area contributed by atoms with Gasteiger partial charge in [-0.3, -0.25) is 0 Å². The average molecular weight is 189 g/mol. The van der Waals surface area contributed by atoms with E-state index in [1.807, 2.05) is 6.07 Å². The zero-order chi connectivity index (χ0) is 10.6. The van der Waals surface area contributed by atoms with Crippen LogP contribution >= 0.6 is 0 Å². The Morgan fingerprint density at radius 2 is 2.00 bits per heavy atom. The van der Waals surface area contributed by atoms with E-state index in [9.17, 15) is 5.11 Å². The second-order valence-corrected chi connectivity index (χ2v) is 2.98. The topological polar surface area (TPSA) is 64.2 Å². The summed E-state index contributed by atoms with van der Waals surface area (Å²) < 4.78 is 0. The Morgan fingerprint density at radius 1 is 1.43 bits per heavy atom. The van der Waals surface area contributed by atoms with Crippen LogP contribution in [-0.4, -0.2) is 16.3 Å². The molecule has 0 amide bonds. The molecule has 0 fully saturated rings. The lowest BCUT2D eigenvalue weighted by Gasteiger charge is -2.01. The second kappa shape index (κ2) is 4.45. The number of hydrogen-bond donors (Lipinski definition) is 2. The summed E-state index contributed by atoms with van der Waals surface area (Å²) >= 11 is 0. The van der Waals surface area contributed by atoms with Crippen molar-refractivity contribution < 1.29 is 10.2 Å². The fourth-order valence-electron chi connectivity index (χ4n) is 0.996. The number of aliphatic hydroxyl groups excluding tert-OH is 1. The van der Waals surface area contributed by atoms with E-state index in [1.54, 1.807) is 18.2 Å². The van der Waals surface area contributed by atoms with Crippen molar-refractivity contribution in [2.45, 2.75) is 13.0 Å². The zero-order valence-electron chi connectivity index (χ0n) is 7.81. The number of nitrogens with zero attached hydrogens (tertiary/aromatic N) is 1. The van der Waals surface area contributed by atoms with Crippen molar-refractivity contribution in [3.63, 3.8) is 0 Å². The first-order valence-electron chi connectivity index (χ1n) is 4.22. The fourth-order valence-corrected chi connectivity index (χ4v) is 0.996. The molecule has 0 heterocycles. The largest absolute Gasteiger partial charge is 0.508 e. The van der Waals surface area contributed by atoms with Gasteiger partial charge in [0.25, 0.3) is 0 Å². The molecule has 0 saturated heterocycles. The third-order valence-electron chi connectivity index (χ3n) is 1.79. The SMILES string of the molecule is CC(O)C(C#N)=Cc1ccc(O)cc1. The Morgan fingerprint density at radius 3 is 2.43 bits per heavy atom. The predicted molar refractivity (Wildman–Crippen MR) is 53.4 cm³/mol.